The smallest absolute Gasteiger partial charge is 0.341 e. The number of ether oxygens (including phenoxy) is 1. The van der Waals surface area contributed by atoms with Gasteiger partial charge in [0.15, 0.2) is 0 Å². The topological polar surface area (TPSA) is 94.6 Å². The number of nitrogens with two attached hydrogens (primary N) is 1. The van der Waals surface area contributed by atoms with E-state index in [0.29, 0.717) is 18.5 Å². The molecule has 1 aromatic heterocycles. The molecule has 1 aliphatic rings. The van der Waals surface area contributed by atoms with E-state index in [1.165, 1.54) is 6.20 Å². The summed E-state index contributed by atoms with van der Waals surface area (Å²) >= 11 is 0. The van der Waals surface area contributed by atoms with E-state index in [4.69, 9.17) is 10.5 Å². The Balaban J connectivity index is 2.37. The average molecular weight is 316 g/mol. The molecule has 6 nitrogen and oxygen atoms in total. The van der Waals surface area contributed by atoms with Crippen molar-refractivity contribution in [1.29, 1.82) is 0 Å². The summed E-state index contributed by atoms with van der Waals surface area (Å²) in [6, 6.07) is 3.81. The van der Waals surface area contributed by atoms with Gasteiger partial charge < -0.3 is 20.1 Å². The molecular weight excluding hydrogens is 296 g/mol. The monoisotopic (exact) mass is 316 g/mol. The molecule has 1 aromatic carbocycles. The number of carboxylic acids is 1. The van der Waals surface area contributed by atoms with Gasteiger partial charge in [0, 0.05) is 17.1 Å². The summed E-state index contributed by atoms with van der Waals surface area (Å²) in [7, 11) is 0. The normalized spacial score (nSPS) is 15.8. The molecule has 0 saturated carbocycles. The van der Waals surface area contributed by atoms with Crippen molar-refractivity contribution in [1.82, 2.24) is 4.57 Å². The third kappa shape index (κ3) is 2.54. The van der Waals surface area contributed by atoms with Crippen LogP contribution in [-0.2, 0) is 23.5 Å². The van der Waals surface area contributed by atoms with Crippen LogP contribution in [0.4, 0.5) is 0 Å². The highest BCUT2D eigenvalue weighted by Crippen LogP contribution is 2.33. The van der Waals surface area contributed by atoms with Gasteiger partial charge in [0.2, 0.25) is 5.43 Å². The van der Waals surface area contributed by atoms with E-state index >= 15 is 0 Å². The summed E-state index contributed by atoms with van der Waals surface area (Å²) in [4.78, 5) is 24.0. The van der Waals surface area contributed by atoms with Crippen LogP contribution in [0.3, 0.4) is 0 Å². The van der Waals surface area contributed by atoms with Crippen molar-refractivity contribution < 1.29 is 14.6 Å². The van der Waals surface area contributed by atoms with Crippen molar-refractivity contribution in [3.8, 4) is 0 Å². The van der Waals surface area contributed by atoms with Gasteiger partial charge in [-0.05, 0) is 44.9 Å². The van der Waals surface area contributed by atoms with Gasteiger partial charge in [0.05, 0.1) is 12.1 Å². The third-order valence-electron chi connectivity index (χ3n) is 4.30. The van der Waals surface area contributed by atoms with Gasteiger partial charge in [-0.3, -0.25) is 4.79 Å². The molecule has 0 bridgehead atoms. The third-order valence-corrected chi connectivity index (χ3v) is 4.30. The fourth-order valence-corrected chi connectivity index (χ4v) is 3.08. The first-order valence-corrected chi connectivity index (χ1v) is 7.64. The lowest BCUT2D eigenvalue weighted by Gasteiger charge is -2.35. The number of nitrogens with zero attached hydrogens (tertiary/aromatic N) is 1. The Hall–Kier alpha value is -2.18. The van der Waals surface area contributed by atoms with Crippen LogP contribution in [0, 0.1) is 0 Å². The van der Waals surface area contributed by atoms with Gasteiger partial charge in [0.25, 0.3) is 0 Å². The average Bonchev–Trinajstić information content (AvgIpc) is 2.50. The number of pyridine rings is 1. The number of hydrogen-bond acceptors (Lipinski definition) is 4. The second-order valence-corrected chi connectivity index (χ2v) is 6.33. The largest absolute Gasteiger partial charge is 0.477 e. The summed E-state index contributed by atoms with van der Waals surface area (Å²) in [6.45, 7) is 4.67. The van der Waals surface area contributed by atoms with E-state index in [0.717, 1.165) is 29.5 Å². The summed E-state index contributed by atoms with van der Waals surface area (Å²) in [5, 5.41) is 9.78. The lowest BCUT2D eigenvalue weighted by molar-refractivity contribution is -0.0937. The van der Waals surface area contributed by atoms with Gasteiger partial charge in [-0.2, -0.15) is 0 Å². The molecule has 6 heteroatoms. The second-order valence-electron chi connectivity index (χ2n) is 6.33. The number of carbonyl (C=O) groups is 1. The number of benzene rings is 1. The Morgan fingerprint density at radius 2 is 2.17 bits per heavy atom. The molecule has 3 rings (SSSR count). The van der Waals surface area contributed by atoms with Crippen molar-refractivity contribution in [2.24, 2.45) is 5.73 Å². The quantitative estimate of drug-likeness (QED) is 0.897. The fourth-order valence-electron chi connectivity index (χ4n) is 3.08. The van der Waals surface area contributed by atoms with Gasteiger partial charge in [-0.1, -0.05) is 6.07 Å². The summed E-state index contributed by atoms with van der Waals surface area (Å²) in [5.74, 6) is -1.23. The summed E-state index contributed by atoms with van der Waals surface area (Å²) in [5.41, 5.74) is 6.81. The molecule has 3 N–H and O–H groups in total. The first-order valence-electron chi connectivity index (χ1n) is 7.64. The van der Waals surface area contributed by atoms with Gasteiger partial charge >= 0.3 is 5.97 Å². The summed E-state index contributed by atoms with van der Waals surface area (Å²) < 4.78 is 7.61. The molecule has 0 amide bonds. The zero-order valence-electron chi connectivity index (χ0n) is 13.3. The molecule has 2 aromatic rings. The van der Waals surface area contributed by atoms with Gasteiger partial charge in [0.1, 0.15) is 11.3 Å². The SMILES string of the molecule is CC1(C)OCc2cc(CCCN)cc3c(=O)c(C(=O)O)cn1c23. The van der Waals surface area contributed by atoms with E-state index < -0.39 is 17.1 Å². The van der Waals surface area contributed by atoms with Gasteiger partial charge in [-0.15, -0.1) is 0 Å². The molecule has 23 heavy (non-hydrogen) atoms. The van der Waals surface area contributed by atoms with Crippen molar-refractivity contribution in [3.63, 3.8) is 0 Å². The van der Waals surface area contributed by atoms with E-state index in [1.807, 2.05) is 19.9 Å². The fraction of sp³-hybridized carbons (Fsp3) is 0.412. The van der Waals surface area contributed by atoms with Crippen LogP contribution in [0.5, 0.6) is 0 Å². The number of aromatic carboxylic acids is 1. The molecule has 2 heterocycles. The molecule has 0 saturated heterocycles. The van der Waals surface area contributed by atoms with Crippen molar-refractivity contribution in [2.45, 2.75) is 39.0 Å². The standard InChI is InChI=1S/C17H20N2O4/c1-17(2)19-8-13(16(21)22)15(20)12-7-10(4-3-5-18)6-11(9-23-17)14(12)19/h6-8H,3-5,9,18H2,1-2H3,(H,21,22). The lowest BCUT2D eigenvalue weighted by Crippen LogP contribution is -2.36. The second kappa shape index (κ2) is 5.47. The molecule has 0 aliphatic carbocycles. The maximum absolute atomic E-state index is 12.6. The van der Waals surface area contributed by atoms with Crippen molar-refractivity contribution in [2.75, 3.05) is 6.54 Å². The zero-order chi connectivity index (χ0) is 16.8. The summed E-state index contributed by atoms with van der Waals surface area (Å²) in [6.07, 6.45) is 2.94. The number of aromatic nitrogens is 1. The van der Waals surface area contributed by atoms with Crippen LogP contribution in [0.2, 0.25) is 0 Å². The minimum atomic E-state index is -1.23. The van der Waals surface area contributed by atoms with Crippen LogP contribution in [-0.4, -0.2) is 22.2 Å². The van der Waals surface area contributed by atoms with E-state index in [9.17, 15) is 14.7 Å². The minimum absolute atomic E-state index is 0.238. The van der Waals surface area contributed by atoms with E-state index in [1.54, 1.807) is 10.6 Å². The van der Waals surface area contributed by atoms with Crippen LogP contribution < -0.4 is 11.2 Å². The number of hydrogen-bond donors (Lipinski definition) is 2. The molecule has 0 radical (unpaired) electrons. The first-order chi connectivity index (χ1) is 10.8. The predicted octanol–water partition coefficient (Wildman–Crippen LogP) is 1.81. The highest BCUT2D eigenvalue weighted by Gasteiger charge is 2.30. The highest BCUT2D eigenvalue weighted by molar-refractivity contribution is 5.94. The van der Waals surface area contributed by atoms with E-state index in [2.05, 4.69) is 0 Å². The zero-order valence-corrected chi connectivity index (χ0v) is 13.3. The number of rotatable bonds is 4. The first kappa shape index (κ1) is 15.7. The Kier molecular flexibility index (Phi) is 3.74. The lowest BCUT2D eigenvalue weighted by atomic mass is 9.98. The van der Waals surface area contributed by atoms with E-state index in [-0.39, 0.29) is 5.56 Å². The van der Waals surface area contributed by atoms with Crippen LogP contribution in [0.25, 0.3) is 10.9 Å². The molecule has 0 atom stereocenters. The Bertz CT molecular complexity index is 852. The molecule has 122 valence electrons. The Morgan fingerprint density at radius 1 is 1.43 bits per heavy atom. The number of aryl methyl sites for hydroxylation is 1. The number of carboxylic acid groups (broad SMARTS) is 1. The van der Waals surface area contributed by atoms with Crippen LogP contribution in [0.1, 0.15) is 41.8 Å². The van der Waals surface area contributed by atoms with Gasteiger partial charge in [-0.25, -0.2) is 4.79 Å². The van der Waals surface area contributed by atoms with Crippen LogP contribution in [0.15, 0.2) is 23.1 Å². The Labute approximate surface area is 133 Å². The maximum atomic E-state index is 12.6. The molecule has 0 spiro atoms. The molecule has 1 aliphatic heterocycles. The van der Waals surface area contributed by atoms with Crippen molar-refractivity contribution in [3.05, 3.63) is 45.2 Å². The van der Waals surface area contributed by atoms with Crippen LogP contribution >= 0.6 is 0 Å². The predicted molar refractivity (Wildman–Crippen MR) is 86.7 cm³/mol. The maximum Gasteiger partial charge on any atom is 0.341 e. The highest BCUT2D eigenvalue weighted by atomic mass is 16.5. The van der Waals surface area contributed by atoms with Crippen molar-refractivity contribution >= 4 is 16.9 Å². The molecule has 0 unspecified atom stereocenters. The minimum Gasteiger partial charge on any atom is -0.477 e. The molecule has 0 fully saturated rings. The Morgan fingerprint density at radius 3 is 2.83 bits per heavy atom. The molecular formula is C17H20N2O4.